The fourth-order valence-electron chi connectivity index (χ4n) is 3.74. The van der Waals surface area contributed by atoms with Crippen LogP contribution in [0.4, 0.5) is 0 Å². The molecule has 2 heterocycles. The molecule has 2 aromatic carbocycles. The number of aliphatic hydroxyl groups excluding tert-OH is 1. The molecule has 7 heteroatoms. The van der Waals surface area contributed by atoms with E-state index >= 15 is 0 Å². The van der Waals surface area contributed by atoms with Crippen LogP contribution >= 0.6 is 12.4 Å². The van der Waals surface area contributed by atoms with Crippen LogP contribution in [0.15, 0.2) is 48.5 Å². The van der Waals surface area contributed by atoms with Gasteiger partial charge in [-0.1, -0.05) is 43.3 Å². The molecule has 6 nitrogen and oxygen atoms in total. The van der Waals surface area contributed by atoms with E-state index in [0.29, 0.717) is 25.2 Å². The van der Waals surface area contributed by atoms with E-state index in [1.165, 1.54) is 0 Å². The Balaban J connectivity index is 0.00000256. The molecule has 1 fully saturated rings. The fraction of sp³-hybridized carbons (Fsp3) is 0.304. The minimum absolute atomic E-state index is 0. The number of nitrogens with one attached hydrogen (secondary N) is 1. The normalized spacial score (nSPS) is 17.4. The number of rotatable bonds is 5. The third-order valence-corrected chi connectivity index (χ3v) is 5.35. The van der Waals surface area contributed by atoms with E-state index in [1.54, 1.807) is 4.90 Å². The maximum Gasteiger partial charge on any atom is 0.254 e. The Kier molecular flexibility index (Phi) is 7.26. The number of nitrogens with zero attached hydrogens (tertiary/aromatic N) is 3. The molecule has 0 aliphatic carbocycles. The highest BCUT2D eigenvalue weighted by Gasteiger charge is 2.27. The number of β-amino-alcohol motifs (C(OH)–C–C–N with tert-alkyl or cyclic N) is 1. The van der Waals surface area contributed by atoms with Gasteiger partial charge in [-0.2, -0.15) is 5.10 Å². The van der Waals surface area contributed by atoms with Gasteiger partial charge in [0.15, 0.2) is 0 Å². The number of aromatic nitrogens is 2. The lowest BCUT2D eigenvalue weighted by Gasteiger charge is -2.38. The number of fused-ring (bicyclic) bond motifs is 1. The standard InChI is InChI=1S/C23H26N4O2.ClH/c1-2-13-26-14-15-27(16-22(26)28)23(29)18-10-7-17(8-11-18)9-12-21-19-5-3-4-6-20(19)24-25-21;/h3-12,22,28H,2,13-16H2,1H3,(H,24,25);1H. The molecular weight excluding hydrogens is 400 g/mol. The molecule has 1 amide bonds. The number of amides is 1. The third-order valence-electron chi connectivity index (χ3n) is 5.35. The summed E-state index contributed by atoms with van der Waals surface area (Å²) >= 11 is 0. The number of carbonyl (C=O) groups is 1. The fourth-order valence-corrected chi connectivity index (χ4v) is 3.74. The largest absolute Gasteiger partial charge is 0.376 e. The lowest BCUT2D eigenvalue weighted by atomic mass is 10.1. The van der Waals surface area contributed by atoms with Crippen LogP contribution < -0.4 is 0 Å². The summed E-state index contributed by atoms with van der Waals surface area (Å²) in [5, 5.41) is 18.7. The summed E-state index contributed by atoms with van der Waals surface area (Å²) in [6.45, 7) is 4.65. The van der Waals surface area contributed by atoms with Crippen LogP contribution in [0.25, 0.3) is 23.1 Å². The second-order valence-electron chi connectivity index (χ2n) is 7.38. The summed E-state index contributed by atoms with van der Waals surface area (Å²) in [6.07, 6.45) is 4.37. The van der Waals surface area contributed by atoms with E-state index in [9.17, 15) is 9.90 Å². The molecule has 30 heavy (non-hydrogen) atoms. The van der Waals surface area contributed by atoms with Gasteiger partial charge in [0.05, 0.1) is 17.8 Å². The van der Waals surface area contributed by atoms with Crippen molar-refractivity contribution in [3.05, 3.63) is 65.4 Å². The smallest absolute Gasteiger partial charge is 0.254 e. The van der Waals surface area contributed by atoms with E-state index < -0.39 is 6.23 Å². The Bertz CT molecular complexity index is 1020. The van der Waals surface area contributed by atoms with Crippen LogP contribution in [0, 0.1) is 0 Å². The number of halogens is 1. The van der Waals surface area contributed by atoms with Crippen molar-refractivity contribution in [2.24, 2.45) is 0 Å². The Morgan fingerprint density at radius 2 is 1.93 bits per heavy atom. The van der Waals surface area contributed by atoms with Gasteiger partial charge >= 0.3 is 0 Å². The SMILES string of the molecule is CCCN1CCN(C(=O)c2ccc(C=Cc3n[nH]c4ccccc34)cc2)CC1O.Cl. The van der Waals surface area contributed by atoms with Gasteiger partial charge in [0, 0.05) is 30.6 Å². The number of piperazine rings is 1. The molecule has 1 aliphatic heterocycles. The number of hydrogen-bond donors (Lipinski definition) is 2. The predicted molar refractivity (Wildman–Crippen MR) is 122 cm³/mol. The molecule has 0 spiro atoms. The summed E-state index contributed by atoms with van der Waals surface area (Å²) in [5.74, 6) is -0.0333. The summed E-state index contributed by atoms with van der Waals surface area (Å²) in [4.78, 5) is 16.5. The molecular formula is C23H27ClN4O2. The Hall–Kier alpha value is -2.67. The van der Waals surface area contributed by atoms with Crippen molar-refractivity contribution >= 4 is 41.4 Å². The van der Waals surface area contributed by atoms with Crippen molar-refractivity contribution in [3.8, 4) is 0 Å². The zero-order valence-corrected chi connectivity index (χ0v) is 17.8. The molecule has 158 valence electrons. The number of hydrogen-bond acceptors (Lipinski definition) is 4. The maximum absolute atomic E-state index is 12.8. The van der Waals surface area contributed by atoms with Crippen molar-refractivity contribution in [3.63, 3.8) is 0 Å². The van der Waals surface area contributed by atoms with Crippen molar-refractivity contribution < 1.29 is 9.90 Å². The van der Waals surface area contributed by atoms with Gasteiger partial charge in [-0.3, -0.25) is 14.8 Å². The summed E-state index contributed by atoms with van der Waals surface area (Å²) in [7, 11) is 0. The molecule has 1 aliphatic rings. The number of carbonyl (C=O) groups excluding carboxylic acids is 1. The van der Waals surface area contributed by atoms with Crippen molar-refractivity contribution in [2.75, 3.05) is 26.2 Å². The first kappa shape index (κ1) is 22.0. The Labute approximate surface area is 182 Å². The highest BCUT2D eigenvalue weighted by molar-refractivity contribution is 5.95. The predicted octanol–water partition coefficient (Wildman–Crippen LogP) is 3.64. The molecule has 2 N–H and O–H groups in total. The summed E-state index contributed by atoms with van der Waals surface area (Å²) < 4.78 is 0. The zero-order chi connectivity index (χ0) is 20.2. The minimum Gasteiger partial charge on any atom is -0.376 e. The van der Waals surface area contributed by atoms with Crippen LogP contribution in [0.1, 0.15) is 35.0 Å². The molecule has 4 rings (SSSR count). The highest BCUT2D eigenvalue weighted by Crippen LogP contribution is 2.18. The molecule has 0 bridgehead atoms. The van der Waals surface area contributed by atoms with Crippen molar-refractivity contribution in [2.45, 2.75) is 19.6 Å². The summed E-state index contributed by atoms with van der Waals surface area (Å²) in [5.41, 5.74) is 3.54. The van der Waals surface area contributed by atoms with Crippen LogP contribution in [-0.2, 0) is 0 Å². The van der Waals surface area contributed by atoms with E-state index in [1.807, 2.05) is 65.6 Å². The number of benzene rings is 2. The quantitative estimate of drug-likeness (QED) is 0.653. The third kappa shape index (κ3) is 4.73. The first-order chi connectivity index (χ1) is 14.2. The van der Waals surface area contributed by atoms with Gasteiger partial charge in [0.2, 0.25) is 0 Å². The second-order valence-corrected chi connectivity index (χ2v) is 7.38. The van der Waals surface area contributed by atoms with Gasteiger partial charge in [-0.15, -0.1) is 12.4 Å². The van der Waals surface area contributed by atoms with Gasteiger partial charge in [0.1, 0.15) is 6.23 Å². The van der Waals surface area contributed by atoms with Crippen LogP contribution in [0.3, 0.4) is 0 Å². The monoisotopic (exact) mass is 426 g/mol. The average molecular weight is 427 g/mol. The maximum atomic E-state index is 12.8. The molecule has 1 unspecified atom stereocenters. The molecule has 1 saturated heterocycles. The number of aromatic amines is 1. The van der Waals surface area contributed by atoms with Gasteiger partial charge in [-0.05, 0) is 36.3 Å². The molecule has 3 aromatic rings. The second kappa shape index (κ2) is 9.89. The van der Waals surface area contributed by atoms with Crippen molar-refractivity contribution in [1.82, 2.24) is 20.0 Å². The molecule has 1 aromatic heterocycles. The van der Waals surface area contributed by atoms with Crippen molar-refractivity contribution in [1.29, 1.82) is 0 Å². The number of H-pyrrole nitrogens is 1. The number of para-hydroxylation sites is 1. The van der Waals surface area contributed by atoms with E-state index in [-0.39, 0.29) is 18.3 Å². The highest BCUT2D eigenvalue weighted by atomic mass is 35.5. The Morgan fingerprint density at radius 3 is 2.67 bits per heavy atom. The van der Waals surface area contributed by atoms with Gasteiger partial charge < -0.3 is 10.0 Å². The molecule has 1 atom stereocenters. The minimum atomic E-state index is -0.585. The van der Waals surface area contributed by atoms with E-state index in [4.69, 9.17) is 0 Å². The summed E-state index contributed by atoms with van der Waals surface area (Å²) in [6, 6.07) is 15.6. The first-order valence-electron chi connectivity index (χ1n) is 10.1. The molecule has 0 saturated carbocycles. The van der Waals surface area contributed by atoms with E-state index in [0.717, 1.165) is 35.1 Å². The number of aliphatic hydroxyl groups is 1. The first-order valence-corrected chi connectivity index (χ1v) is 10.1. The average Bonchev–Trinajstić information content (AvgIpc) is 3.17. The zero-order valence-electron chi connectivity index (χ0n) is 17.0. The topological polar surface area (TPSA) is 72.5 Å². The molecule has 0 radical (unpaired) electrons. The van der Waals surface area contributed by atoms with Gasteiger partial charge in [0.25, 0.3) is 5.91 Å². The van der Waals surface area contributed by atoms with Crippen LogP contribution in [0.2, 0.25) is 0 Å². The lowest BCUT2D eigenvalue weighted by Crippen LogP contribution is -2.54. The van der Waals surface area contributed by atoms with Gasteiger partial charge in [-0.25, -0.2) is 0 Å². The van der Waals surface area contributed by atoms with E-state index in [2.05, 4.69) is 17.1 Å². The van der Waals surface area contributed by atoms with Crippen LogP contribution in [-0.4, -0.2) is 63.4 Å². The lowest BCUT2D eigenvalue weighted by molar-refractivity contribution is -0.0478. The van der Waals surface area contributed by atoms with Crippen LogP contribution in [0.5, 0.6) is 0 Å². The Morgan fingerprint density at radius 1 is 1.17 bits per heavy atom.